The minimum atomic E-state index is 0. The second kappa shape index (κ2) is 6.93. The molecule has 1 amide bonds. The summed E-state index contributed by atoms with van der Waals surface area (Å²) in [5.74, 6) is 0.655. The summed E-state index contributed by atoms with van der Waals surface area (Å²) in [4.78, 5) is 15.3. The molecular weight excluding hydrogens is 308 g/mol. The number of benzene rings is 1. The quantitative estimate of drug-likeness (QED) is 0.923. The van der Waals surface area contributed by atoms with Gasteiger partial charge in [0.2, 0.25) is 0 Å². The zero-order valence-corrected chi connectivity index (χ0v) is 13.3. The predicted octanol–water partition coefficient (Wildman–Crippen LogP) is 2.93. The van der Waals surface area contributed by atoms with Crippen LogP contribution in [0.3, 0.4) is 0 Å². The molecule has 1 aliphatic rings. The first-order valence-corrected chi connectivity index (χ1v) is 7.41. The lowest BCUT2D eigenvalue weighted by Crippen LogP contribution is -2.34. The van der Waals surface area contributed by atoms with Crippen LogP contribution in [0, 0.1) is 0 Å². The lowest BCUT2D eigenvalue weighted by Gasteiger charge is -2.22. The molecule has 0 unspecified atom stereocenters. The van der Waals surface area contributed by atoms with Crippen LogP contribution in [0.5, 0.6) is 5.75 Å². The van der Waals surface area contributed by atoms with E-state index in [1.54, 1.807) is 7.11 Å². The van der Waals surface area contributed by atoms with Gasteiger partial charge in [0.1, 0.15) is 10.6 Å². The van der Waals surface area contributed by atoms with Crippen molar-refractivity contribution in [2.75, 3.05) is 25.1 Å². The first-order chi connectivity index (χ1) is 9.81. The van der Waals surface area contributed by atoms with Gasteiger partial charge in [-0.05, 0) is 23.1 Å². The van der Waals surface area contributed by atoms with Gasteiger partial charge in [-0.2, -0.15) is 0 Å². The number of anilines is 1. The number of thiophene rings is 1. The fraction of sp³-hybridized carbons (Fsp3) is 0.267. The predicted molar refractivity (Wildman–Crippen MR) is 87.9 cm³/mol. The fourth-order valence-electron chi connectivity index (χ4n) is 2.41. The topological polar surface area (TPSA) is 41.6 Å². The summed E-state index contributed by atoms with van der Waals surface area (Å²) in [5.41, 5.74) is 2.13. The number of carbonyl (C=O) groups is 1. The number of nitrogens with zero attached hydrogens (tertiary/aromatic N) is 1. The maximum absolute atomic E-state index is 12.8. The summed E-state index contributed by atoms with van der Waals surface area (Å²) in [6.07, 6.45) is 0. The number of nitrogens with one attached hydrogen (secondary N) is 1. The Balaban J connectivity index is 0.00000161. The number of carbonyl (C=O) groups excluding carboxylic acids is 1. The Bertz CT molecular complexity index is 630. The Morgan fingerprint density at radius 1 is 1.33 bits per heavy atom. The highest BCUT2D eigenvalue weighted by molar-refractivity contribution is 7.12. The van der Waals surface area contributed by atoms with Crippen LogP contribution in [-0.4, -0.2) is 26.1 Å². The van der Waals surface area contributed by atoms with Crippen LogP contribution < -0.4 is 15.0 Å². The second-order valence-electron chi connectivity index (χ2n) is 4.58. The van der Waals surface area contributed by atoms with Crippen LogP contribution in [0.25, 0.3) is 0 Å². The fourth-order valence-corrected chi connectivity index (χ4v) is 3.21. The van der Waals surface area contributed by atoms with E-state index in [0.29, 0.717) is 17.2 Å². The van der Waals surface area contributed by atoms with Crippen molar-refractivity contribution >= 4 is 35.3 Å². The van der Waals surface area contributed by atoms with Crippen LogP contribution >= 0.6 is 23.7 Å². The summed E-state index contributed by atoms with van der Waals surface area (Å²) >= 11 is 1.42. The minimum Gasteiger partial charge on any atom is -0.495 e. The molecule has 6 heteroatoms. The third kappa shape index (κ3) is 3.05. The number of ether oxygens (including phenoxy) is 1. The first kappa shape index (κ1) is 15.8. The van der Waals surface area contributed by atoms with Crippen molar-refractivity contribution in [1.82, 2.24) is 5.32 Å². The van der Waals surface area contributed by atoms with Gasteiger partial charge in [-0.25, -0.2) is 0 Å². The van der Waals surface area contributed by atoms with Crippen molar-refractivity contribution in [1.29, 1.82) is 0 Å². The number of rotatable bonds is 2. The lowest BCUT2D eigenvalue weighted by molar-refractivity contribution is 0.0989. The maximum atomic E-state index is 12.8. The largest absolute Gasteiger partial charge is 0.495 e. The molecule has 0 aliphatic carbocycles. The SMILES string of the molecule is COc1ccsc1C(=O)N1CCNCc2ccccc21.Cl. The molecule has 0 spiro atoms. The third-order valence-corrected chi connectivity index (χ3v) is 4.28. The molecule has 4 nitrogen and oxygen atoms in total. The van der Waals surface area contributed by atoms with Gasteiger partial charge in [-0.1, -0.05) is 18.2 Å². The smallest absolute Gasteiger partial charge is 0.272 e. The molecule has 1 aromatic carbocycles. The zero-order valence-electron chi connectivity index (χ0n) is 11.7. The second-order valence-corrected chi connectivity index (χ2v) is 5.50. The molecule has 0 bridgehead atoms. The van der Waals surface area contributed by atoms with E-state index in [-0.39, 0.29) is 18.3 Å². The molecule has 2 aromatic rings. The molecule has 1 N–H and O–H groups in total. The van der Waals surface area contributed by atoms with E-state index in [1.165, 1.54) is 11.3 Å². The van der Waals surface area contributed by atoms with Gasteiger partial charge in [0, 0.05) is 25.3 Å². The summed E-state index contributed by atoms with van der Waals surface area (Å²) in [5, 5.41) is 5.22. The van der Waals surface area contributed by atoms with E-state index in [0.717, 1.165) is 24.3 Å². The van der Waals surface area contributed by atoms with Crippen LogP contribution in [0.15, 0.2) is 35.7 Å². The van der Waals surface area contributed by atoms with Crippen molar-refractivity contribution in [2.45, 2.75) is 6.54 Å². The average Bonchev–Trinajstić information content (AvgIpc) is 2.86. The van der Waals surface area contributed by atoms with Crippen molar-refractivity contribution in [2.24, 2.45) is 0 Å². The Morgan fingerprint density at radius 2 is 2.14 bits per heavy atom. The molecule has 2 heterocycles. The van der Waals surface area contributed by atoms with Gasteiger partial charge in [-0.3, -0.25) is 4.79 Å². The van der Waals surface area contributed by atoms with Gasteiger partial charge in [-0.15, -0.1) is 23.7 Å². The van der Waals surface area contributed by atoms with Gasteiger partial charge >= 0.3 is 0 Å². The minimum absolute atomic E-state index is 0. The lowest BCUT2D eigenvalue weighted by atomic mass is 10.1. The normalized spacial score (nSPS) is 13.9. The summed E-state index contributed by atoms with van der Waals surface area (Å²) in [6.45, 7) is 2.24. The number of hydrogen-bond donors (Lipinski definition) is 1. The molecule has 3 rings (SSSR count). The Labute approximate surface area is 134 Å². The molecular formula is C15H17ClN2O2S. The monoisotopic (exact) mass is 324 g/mol. The van der Waals surface area contributed by atoms with E-state index in [4.69, 9.17) is 4.74 Å². The summed E-state index contributed by atoms with van der Waals surface area (Å²) in [7, 11) is 1.59. The van der Waals surface area contributed by atoms with Crippen LogP contribution in [0.2, 0.25) is 0 Å². The molecule has 0 saturated heterocycles. The Kier molecular flexibility index (Phi) is 5.22. The number of hydrogen-bond acceptors (Lipinski definition) is 4. The summed E-state index contributed by atoms with van der Waals surface area (Å²) in [6, 6.07) is 9.86. The Morgan fingerprint density at radius 3 is 2.95 bits per heavy atom. The number of fused-ring (bicyclic) bond motifs is 1. The van der Waals surface area contributed by atoms with E-state index in [1.807, 2.05) is 34.5 Å². The molecule has 21 heavy (non-hydrogen) atoms. The highest BCUT2D eigenvalue weighted by Gasteiger charge is 2.25. The molecule has 1 aliphatic heterocycles. The maximum Gasteiger partial charge on any atom is 0.272 e. The molecule has 0 fully saturated rings. The van der Waals surface area contributed by atoms with E-state index < -0.39 is 0 Å². The average molecular weight is 325 g/mol. The van der Waals surface area contributed by atoms with Crippen LogP contribution in [0.1, 0.15) is 15.2 Å². The molecule has 112 valence electrons. The molecule has 0 atom stereocenters. The van der Waals surface area contributed by atoms with Gasteiger partial charge in [0.25, 0.3) is 5.91 Å². The highest BCUT2D eigenvalue weighted by Crippen LogP contribution is 2.30. The number of methoxy groups -OCH3 is 1. The Hall–Kier alpha value is -1.56. The van der Waals surface area contributed by atoms with Gasteiger partial charge < -0.3 is 15.0 Å². The van der Waals surface area contributed by atoms with E-state index in [2.05, 4.69) is 11.4 Å². The van der Waals surface area contributed by atoms with E-state index >= 15 is 0 Å². The standard InChI is InChI=1S/C15H16N2O2S.ClH/c1-19-13-6-9-20-14(13)15(18)17-8-7-16-10-11-4-2-3-5-12(11)17;/h2-6,9,16H,7-8,10H2,1H3;1H. The van der Waals surface area contributed by atoms with Crippen LogP contribution in [0.4, 0.5) is 5.69 Å². The summed E-state index contributed by atoms with van der Waals surface area (Å²) < 4.78 is 5.26. The number of para-hydroxylation sites is 1. The number of halogens is 1. The molecule has 0 saturated carbocycles. The molecule has 0 radical (unpaired) electrons. The first-order valence-electron chi connectivity index (χ1n) is 6.53. The number of amides is 1. The van der Waals surface area contributed by atoms with Crippen molar-refractivity contribution < 1.29 is 9.53 Å². The third-order valence-electron chi connectivity index (χ3n) is 3.40. The van der Waals surface area contributed by atoms with E-state index in [9.17, 15) is 4.79 Å². The van der Waals surface area contributed by atoms with Crippen molar-refractivity contribution in [3.8, 4) is 5.75 Å². The van der Waals surface area contributed by atoms with Crippen molar-refractivity contribution in [3.63, 3.8) is 0 Å². The van der Waals surface area contributed by atoms with Crippen LogP contribution in [-0.2, 0) is 6.54 Å². The highest BCUT2D eigenvalue weighted by atomic mass is 35.5. The molecule has 1 aromatic heterocycles. The van der Waals surface area contributed by atoms with Gasteiger partial charge in [0.15, 0.2) is 0 Å². The zero-order chi connectivity index (χ0) is 13.9. The van der Waals surface area contributed by atoms with Crippen molar-refractivity contribution in [3.05, 3.63) is 46.2 Å². The van der Waals surface area contributed by atoms with Gasteiger partial charge in [0.05, 0.1) is 7.11 Å².